The number of anilines is 1. The standard InChI is InChI=1S/C19H25N5O3/c1-12(2)20-19(26)22-16-6-4-5-15(11-16)18(25)24-9-7-14(8-10-24)17-21-13(3)23-27-17/h4-6,11-12,14H,7-10H2,1-3H3,(H2,20,22,26). The molecule has 8 heteroatoms. The van der Waals surface area contributed by atoms with E-state index in [2.05, 4.69) is 20.8 Å². The van der Waals surface area contributed by atoms with Crippen LogP contribution in [0.2, 0.25) is 0 Å². The van der Waals surface area contributed by atoms with Crippen LogP contribution < -0.4 is 10.6 Å². The molecule has 0 radical (unpaired) electrons. The molecule has 2 aromatic rings. The van der Waals surface area contributed by atoms with Crippen molar-refractivity contribution in [2.75, 3.05) is 18.4 Å². The fraction of sp³-hybridized carbons (Fsp3) is 0.474. The maximum atomic E-state index is 12.8. The summed E-state index contributed by atoms with van der Waals surface area (Å²) in [5.41, 5.74) is 1.15. The molecule has 0 aliphatic carbocycles. The zero-order valence-corrected chi connectivity index (χ0v) is 15.9. The minimum absolute atomic E-state index is 0.0388. The summed E-state index contributed by atoms with van der Waals surface area (Å²) < 4.78 is 5.25. The third-order valence-corrected chi connectivity index (χ3v) is 4.46. The van der Waals surface area contributed by atoms with Gasteiger partial charge in [0.2, 0.25) is 5.89 Å². The number of nitrogens with one attached hydrogen (secondary N) is 2. The Morgan fingerprint density at radius 3 is 2.63 bits per heavy atom. The maximum absolute atomic E-state index is 12.8. The molecule has 0 saturated carbocycles. The van der Waals surface area contributed by atoms with Gasteiger partial charge in [0, 0.05) is 36.3 Å². The second-order valence-corrected chi connectivity index (χ2v) is 7.08. The minimum atomic E-state index is -0.287. The molecule has 8 nitrogen and oxygen atoms in total. The van der Waals surface area contributed by atoms with Crippen LogP contribution in [0.25, 0.3) is 0 Å². The minimum Gasteiger partial charge on any atom is -0.339 e. The summed E-state index contributed by atoms with van der Waals surface area (Å²) in [4.78, 5) is 30.8. The lowest BCUT2D eigenvalue weighted by Gasteiger charge is -2.30. The van der Waals surface area contributed by atoms with Crippen LogP contribution >= 0.6 is 0 Å². The number of hydrogen-bond donors (Lipinski definition) is 2. The van der Waals surface area contributed by atoms with Gasteiger partial charge in [0.05, 0.1) is 0 Å². The van der Waals surface area contributed by atoms with Crippen LogP contribution in [-0.4, -0.2) is 46.1 Å². The number of rotatable bonds is 4. The molecule has 1 aliphatic heterocycles. The molecule has 3 rings (SSSR count). The van der Waals surface area contributed by atoms with Crippen molar-refractivity contribution in [3.8, 4) is 0 Å². The lowest BCUT2D eigenvalue weighted by atomic mass is 9.96. The number of aryl methyl sites for hydroxylation is 1. The van der Waals surface area contributed by atoms with E-state index in [4.69, 9.17) is 4.52 Å². The summed E-state index contributed by atoms with van der Waals surface area (Å²) >= 11 is 0. The van der Waals surface area contributed by atoms with Gasteiger partial charge in [0.1, 0.15) is 0 Å². The fourth-order valence-corrected chi connectivity index (χ4v) is 3.15. The Kier molecular flexibility index (Phi) is 5.73. The van der Waals surface area contributed by atoms with Gasteiger partial charge in [-0.2, -0.15) is 4.98 Å². The van der Waals surface area contributed by atoms with Crippen molar-refractivity contribution in [1.29, 1.82) is 0 Å². The molecule has 27 heavy (non-hydrogen) atoms. The van der Waals surface area contributed by atoms with E-state index in [1.807, 2.05) is 18.7 Å². The second kappa shape index (κ2) is 8.20. The number of carbonyl (C=O) groups is 2. The van der Waals surface area contributed by atoms with Crippen LogP contribution in [0.1, 0.15) is 54.7 Å². The molecule has 3 amide bonds. The van der Waals surface area contributed by atoms with Crippen LogP contribution in [0.3, 0.4) is 0 Å². The average molecular weight is 371 g/mol. The monoisotopic (exact) mass is 371 g/mol. The smallest absolute Gasteiger partial charge is 0.319 e. The topological polar surface area (TPSA) is 100 Å². The van der Waals surface area contributed by atoms with Crippen molar-refractivity contribution in [2.24, 2.45) is 0 Å². The quantitative estimate of drug-likeness (QED) is 0.861. The first-order valence-corrected chi connectivity index (χ1v) is 9.19. The molecule has 0 spiro atoms. The van der Waals surface area contributed by atoms with Gasteiger partial charge in [0.15, 0.2) is 5.82 Å². The lowest BCUT2D eigenvalue weighted by molar-refractivity contribution is 0.0704. The summed E-state index contributed by atoms with van der Waals surface area (Å²) in [7, 11) is 0. The molecule has 1 fully saturated rings. The van der Waals surface area contributed by atoms with E-state index in [0.29, 0.717) is 36.1 Å². The Labute approximate surface area is 158 Å². The van der Waals surface area contributed by atoms with Crippen LogP contribution in [-0.2, 0) is 0 Å². The van der Waals surface area contributed by atoms with Crippen LogP contribution in [0.5, 0.6) is 0 Å². The highest BCUT2D eigenvalue weighted by Gasteiger charge is 2.27. The van der Waals surface area contributed by atoms with Gasteiger partial charge in [-0.05, 0) is 51.8 Å². The van der Waals surface area contributed by atoms with Gasteiger partial charge in [-0.15, -0.1) is 0 Å². The number of benzene rings is 1. The highest BCUT2D eigenvalue weighted by Crippen LogP contribution is 2.27. The average Bonchev–Trinajstić information content (AvgIpc) is 3.07. The Morgan fingerprint density at radius 2 is 2.00 bits per heavy atom. The summed E-state index contributed by atoms with van der Waals surface area (Å²) in [6.07, 6.45) is 1.59. The van der Waals surface area contributed by atoms with Crippen molar-refractivity contribution in [1.82, 2.24) is 20.4 Å². The largest absolute Gasteiger partial charge is 0.339 e. The zero-order valence-electron chi connectivity index (χ0n) is 15.9. The maximum Gasteiger partial charge on any atom is 0.319 e. The first kappa shape index (κ1) is 18.9. The summed E-state index contributed by atoms with van der Waals surface area (Å²) in [6, 6.07) is 6.76. The number of likely N-dealkylation sites (tertiary alicyclic amines) is 1. The summed E-state index contributed by atoms with van der Waals surface area (Å²) in [6.45, 7) is 6.85. The van der Waals surface area contributed by atoms with Crippen LogP contribution in [0, 0.1) is 6.92 Å². The highest BCUT2D eigenvalue weighted by atomic mass is 16.5. The SMILES string of the molecule is Cc1noc(C2CCN(C(=O)c3cccc(NC(=O)NC(C)C)c3)CC2)n1. The van der Waals surface area contributed by atoms with E-state index in [1.54, 1.807) is 31.2 Å². The van der Waals surface area contributed by atoms with Crippen molar-refractivity contribution >= 4 is 17.6 Å². The molecule has 2 heterocycles. The molecule has 0 atom stereocenters. The highest BCUT2D eigenvalue weighted by molar-refractivity contribution is 5.97. The molecule has 1 aromatic heterocycles. The number of amides is 3. The van der Waals surface area contributed by atoms with Gasteiger partial charge in [-0.25, -0.2) is 4.79 Å². The van der Waals surface area contributed by atoms with Crippen molar-refractivity contribution in [3.63, 3.8) is 0 Å². The third-order valence-electron chi connectivity index (χ3n) is 4.46. The van der Waals surface area contributed by atoms with E-state index in [0.717, 1.165) is 12.8 Å². The van der Waals surface area contributed by atoms with Gasteiger partial charge in [-0.3, -0.25) is 4.79 Å². The Balaban J connectivity index is 1.59. The molecular formula is C19H25N5O3. The van der Waals surface area contributed by atoms with Gasteiger partial charge < -0.3 is 20.1 Å². The van der Waals surface area contributed by atoms with Crippen LogP contribution in [0.15, 0.2) is 28.8 Å². The summed E-state index contributed by atoms with van der Waals surface area (Å²) in [5.74, 6) is 1.45. The van der Waals surface area contributed by atoms with E-state index in [9.17, 15) is 9.59 Å². The summed E-state index contributed by atoms with van der Waals surface area (Å²) in [5, 5.41) is 9.35. The predicted molar refractivity (Wildman–Crippen MR) is 101 cm³/mol. The Hall–Kier alpha value is -2.90. The fourth-order valence-electron chi connectivity index (χ4n) is 3.15. The number of urea groups is 1. The molecule has 0 unspecified atom stereocenters. The molecule has 1 aliphatic rings. The number of piperidine rings is 1. The first-order chi connectivity index (χ1) is 12.9. The Bertz CT molecular complexity index is 809. The van der Waals surface area contributed by atoms with Gasteiger partial charge >= 0.3 is 6.03 Å². The van der Waals surface area contributed by atoms with Gasteiger partial charge in [-0.1, -0.05) is 11.2 Å². The molecular weight excluding hydrogens is 346 g/mol. The molecule has 1 aromatic carbocycles. The number of nitrogens with zero attached hydrogens (tertiary/aromatic N) is 3. The van der Waals surface area contributed by atoms with E-state index in [-0.39, 0.29) is 23.9 Å². The van der Waals surface area contributed by atoms with Gasteiger partial charge in [0.25, 0.3) is 5.91 Å². The normalized spacial score (nSPS) is 15.0. The Morgan fingerprint density at radius 1 is 1.26 bits per heavy atom. The zero-order chi connectivity index (χ0) is 19.4. The second-order valence-electron chi connectivity index (χ2n) is 7.08. The molecule has 144 valence electrons. The van der Waals surface area contributed by atoms with Crippen molar-refractivity contribution in [3.05, 3.63) is 41.5 Å². The van der Waals surface area contributed by atoms with E-state index in [1.165, 1.54) is 0 Å². The number of hydrogen-bond acceptors (Lipinski definition) is 5. The number of aromatic nitrogens is 2. The van der Waals surface area contributed by atoms with Crippen molar-refractivity contribution < 1.29 is 14.1 Å². The lowest BCUT2D eigenvalue weighted by Crippen LogP contribution is -2.38. The van der Waals surface area contributed by atoms with E-state index >= 15 is 0 Å². The molecule has 2 N–H and O–H groups in total. The van der Waals surface area contributed by atoms with Crippen LogP contribution in [0.4, 0.5) is 10.5 Å². The van der Waals surface area contributed by atoms with E-state index < -0.39 is 0 Å². The number of carbonyl (C=O) groups excluding carboxylic acids is 2. The molecule has 1 saturated heterocycles. The first-order valence-electron chi connectivity index (χ1n) is 9.19. The predicted octanol–water partition coefficient (Wildman–Crippen LogP) is 2.93. The van der Waals surface area contributed by atoms with Crippen molar-refractivity contribution in [2.45, 2.75) is 45.6 Å². The molecule has 0 bridgehead atoms. The third kappa shape index (κ3) is 4.84.